The van der Waals surface area contributed by atoms with Gasteiger partial charge in [0.25, 0.3) is 5.91 Å². The molecule has 17 heavy (non-hydrogen) atoms. The van der Waals surface area contributed by atoms with Gasteiger partial charge in [-0.15, -0.1) is 0 Å². The summed E-state index contributed by atoms with van der Waals surface area (Å²) in [5, 5.41) is 12.0. The van der Waals surface area contributed by atoms with Crippen LogP contribution in [0.15, 0.2) is 30.6 Å². The Balaban J connectivity index is 2.20. The summed E-state index contributed by atoms with van der Waals surface area (Å²) in [5.41, 5.74) is -0.101. The van der Waals surface area contributed by atoms with Crippen molar-refractivity contribution in [1.29, 1.82) is 0 Å². The van der Waals surface area contributed by atoms with E-state index < -0.39 is 5.91 Å². The van der Waals surface area contributed by atoms with Crippen molar-refractivity contribution in [3.63, 3.8) is 0 Å². The molecule has 0 atom stereocenters. The fraction of sp³-hybridized carbons (Fsp3) is 0. The van der Waals surface area contributed by atoms with E-state index in [1.165, 1.54) is 30.6 Å². The number of aromatic nitrogens is 3. The first-order valence-corrected chi connectivity index (χ1v) is 4.98. The van der Waals surface area contributed by atoms with Crippen LogP contribution < -0.4 is 5.32 Å². The molecular weight excluding hydrogens is 244 g/mol. The number of carbonyl (C=O) groups excluding carboxylic acids is 1. The quantitative estimate of drug-likeness (QED) is 0.789. The lowest BCUT2D eigenvalue weighted by molar-refractivity contribution is 0.101. The minimum Gasteiger partial charge on any atom is -0.505 e. The minimum absolute atomic E-state index is 0.0487. The molecule has 0 aliphatic heterocycles. The van der Waals surface area contributed by atoms with Gasteiger partial charge < -0.3 is 5.11 Å². The van der Waals surface area contributed by atoms with Crippen LogP contribution in [0.4, 0.5) is 5.95 Å². The molecule has 0 saturated carbocycles. The number of rotatable bonds is 2. The number of aromatic hydroxyl groups is 1. The minimum atomic E-state index is -0.606. The Bertz CT molecular complexity index is 562. The summed E-state index contributed by atoms with van der Waals surface area (Å²) in [6.07, 6.45) is 2.80. The van der Waals surface area contributed by atoms with Gasteiger partial charge >= 0.3 is 0 Å². The Morgan fingerprint density at radius 3 is 2.82 bits per heavy atom. The largest absolute Gasteiger partial charge is 0.505 e. The number of anilines is 1. The summed E-state index contributed by atoms with van der Waals surface area (Å²) >= 11 is 5.64. The molecule has 2 aromatic rings. The zero-order chi connectivity index (χ0) is 12.3. The van der Waals surface area contributed by atoms with E-state index in [-0.39, 0.29) is 22.5 Å². The number of halogens is 1. The van der Waals surface area contributed by atoms with Crippen molar-refractivity contribution in [2.45, 2.75) is 0 Å². The van der Waals surface area contributed by atoms with Crippen molar-refractivity contribution < 1.29 is 9.90 Å². The van der Waals surface area contributed by atoms with Crippen molar-refractivity contribution in [3.8, 4) is 5.75 Å². The Kier molecular flexibility index (Phi) is 3.15. The molecule has 0 aliphatic rings. The highest BCUT2D eigenvalue weighted by Crippen LogP contribution is 2.14. The molecule has 6 nitrogen and oxygen atoms in total. The fourth-order valence-corrected chi connectivity index (χ4v) is 1.27. The molecule has 0 fully saturated rings. The van der Waals surface area contributed by atoms with Gasteiger partial charge in [0.1, 0.15) is 10.9 Å². The molecule has 0 radical (unpaired) electrons. The van der Waals surface area contributed by atoms with E-state index in [1.54, 1.807) is 0 Å². The van der Waals surface area contributed by atoms with Gasteiger partial charge in [0.05, 0.1) is 0 Å². The highest BCUT2D eigenvalue weighted by molar-refractivity contribution is 6.29. The van der Waals surface area contributed by atoms with Gasteiger partial charge in [-0.05, 0) is 18.2 Å². The summed E-state index contributed by atoms with van der Waals surface area (Å²) < 4.78 is 0. The van der Waals surface area contributed by atoms with Crippen LogP contribution >= 0.6 is 11.6 Å². The molecule has 7 heteroatoms. The number of carbonyl (C=O) groups is 1. The van der Waals surface area contributed by atoms with Gasteiger partial charge in [-0.2, -0.15) is 0 Å². The Hall–Kier alpha value is -2.21. The van der Waals surface area contributed by atoms with E-state index in [1.807, 2.05) is 0 Å². The highest BCUT2D eigenvalue weighted by atomic mass is 35.5. The van der Waals surface area contributed by atoms with Crippen molar-refractivity contribution in [3.05, 3.63) is 41.4 Å². The van der Waals surface area contributed by atoms with Crippen LogP contribution in [0, 0.1) is 0 Å². The van der Waals surface area contributed by atoms with Crippen molar-refractivity contribution in [2.24, 2.45) is 0 Å². The standard InChI is InChI=1S/C10H7ClN4O2/c11-7-3-5-13-10(14-7)15-9(17)8-6(16)2-1-4-12-8/h1-5,16H,(H,13,14,15,17). The number of pyridine rings is 1. The molecule has 0 spiro atoms. The van der Waals surface area contributed by atoms with Crippen molar-refractivity contribution in [2.75, 3.05) is 5.32 Å². The highest BCUT2D eigenvalue weighted by Gasteiger charge is 2.13. The summed E-state index contributed by atoms with van der Waals surface area (Å²) in [5.74, 6) is -0.773. The Morgan fingerprint density at radius 1 is 1.29 bits per heavy atom. The van der Waals surface area contributed by atoms with Gasteiger partial charge in [-0.3, -0.25) is 10.1 Å². The normalized spacial score (nSPS) is 9.94. The van der Waals surface area contributed by atoms with E-state index >= 15 is 0 Å². The Morgan fingerprint density at radius 2 is 2.12 bits per heavy atom. The van der Waals surface area contributed by atoms with Gasteiger partial charge in [0.2, 0.25) is 5.95 Å². The molecule has 0 aromatic carbocycles. The van der Waals surface area contributed by atoms with Gasteiger partial charge in [-0.25, -0.2) is 15.0 Å². The van der Waals surface area contributed by atoms with Gasteiger partial charge in [0, 0.05) is 12.4 Å². The zero-order valence-corrected chi connectivity index (χ0v) is 9.22. The maximum Gasteiger partial charge on any atom is 0.280 e. The van der Waals surface area contributed by atoms with Crippen molar-refractivity contribution >= 4 is 23.5 Å². The van der Waals surface area contributed by atoms with Crippen LogP contribution in [0.1, 0.15) is 10.5 Å². The molecule has 0 aliphatic carbocycles. The fourth-order valence-electron chi connectivity index (χ4n) is 1.13. The predicted molar refractivity (Wildman–Crippen MR) is 60.9 cm³/mol. The van der Waals surface area contributed by atoms with Crippen LogP contribution in [0.2, 0.25) is 5.15 Å². The average Bonchev–Trinajstić information content (AvgIpc) is 2.29. The molecular formula is C10H7ClN4O2. The van der Waals surface area contributed by atoms with Crippen LogP contribution in [0.3, 0.4) is 0 Å². The molecule has 0 bridgehead atoms. The maximum atomic E-state index is 11.7. The van der Waals surface area contributed by atoms with Gasteiger partial charge in [-0.1, -0.05) is 11.6 Å². The second-order valence-corrected chi connectivity index (χ2v) is 3.42. The third kappa shape index (κ3) is 2.67. The average molecular weight is 251 g/mol. The first-order chi connectivity index (χ1) is 8.16. The summed E-state index contributed by atoms with van der Waals surface area (Å²) in [6, 6.07) is 4.36. The second kappa shape index (κ2) is 4.75. The first-order valence-electron chi connectivity index (χ1n) is 4.60. The van der Waals surface area contributed by atoms with Crippen LogP contribution in [0.5, 0.6) is 5.75 Å². The van der Waals surface area contributed by atoms with E-state index in [0.717, 1.165) is 0 Å². The van der Waals surface area contributed by atoms with E-state index in [2.05, 4.69) is 20.3 Å². The van der Waals surface area contributed by atoms with E-state index in [0.29, 0.717) is 0 Å². The number of hydrogen-bond acceptors (Lipinski definition) is 5. The number of hydrogen-bond donors (Lipinski definition) is 2. The molecule has 2 N–H and O–H groups in total. The number of amides is 1. The summed E-state index contributed by atoms with van der Waals surface area (Å²) in [7, 11) is 0. The maximum absolute atomic E-state index is 11.7. The zero-order valence-electron chi connectivity index (χ0n) is 8.46. The lowest BCUT2D eigenvalue weighted by atomic mass is 10.3. The molecule has 0 unspecified atom stereocenters. The third-order valence-corrected chi connectivity index (χ3v) is 2.06. The smallest absolute Gasteiger partial charge is 0.280 e. The van der Waals surface area contributed by atoms with Crippen LogP contribution in [-0.2, 0) is 0 Å². The predicted octanol–water partition coefficient (Wildman–Crippen LogP) is 1.48. The summed E-state index contributed by atoms with van der Waals surface area (Å²) in [6.45, 7) is 0. The molecule has 2 heterocycles. The molecule has 1 amide bonds. The van der Waals surface area contributed by atoms with Crippen LogP contribution in [0.25, 0.3) is 0 Å². The monoisotopic (exact) mass is 250 g/mol. The van der Waals surface area contributed by atoms with Gasteiger partial charge in [0.15, 0.2) is 5.69 Å². The number of nitrogens with zero attached hydrogens (tertiary/aromatic N) is 3. The van der Waals surface area contributed by atoms with E-state index in [9.17, 15) is 9.90 Å². The molecule has 2 aromatic heterocycles. The van der Waals surface area contributed by atoms with E-state index in [4.69, 9.17) is 11.6 Å². The molecule has 0 saturated heterocycles. The third-order valence-electron chi connectivity index (χ3n) is 1.85. The SMILES string of the molecule is O=C(Nc1nccc(Cl)n1)c1ncccc1O. The topological polar surface area (TPSA) is 88.0 Å². The second-order valence-electron chi connectivity index (χ2n) is 3.03. The summed E-state index contributed by atoms with van der Waals surface area (Å²) in [4.78, 5) is 23.0. The van der Waals surface area contributed by atoms with Crippen molar-refractivity contribution in [1.82, 2.24) is 15.0 Å². The first kappa shape index (κ1) is 11.3. The molecule has 86 valence electrons. The molecule has 2 rings (SSSR count). The Labute approximate surface area is 101 Å². The van der Waals surface area contributed by atoms with Crippen LogP contribution in [-0.4, -0.2) is 26.0 Å². The number of nitrogens with one attached hydrogen (secondary N) is 1. The lowest BCUT2D eigenvalue weighted by Gasteiger charge is -2.03. The lowest BCUT2D eigenvalue weighted by Crippen LogP contribution is -2.15.